The van der Waals surface area contributed by atoms with Gasteiger partial charge in [-0.25, -0.2) is 0 Å². The Kier molecular flexibility index (Phi) is 3.87. The maximum atomic E-state index is 13.2. The number of thioether (sulfide) groups is 1. The Morgan fingerprint density at radius 1 is 1.07 bits per heavy atom. The largest absolute Gasteiger partial charge is 0.509 e. The average molecular weight is 411 g/mol. The fraction of sp³-hybridized carbons (Fsp3) is 0.565. The molecule has 6 aliphatic rings. The van der Waals surface area contributed by atoms with E-state index in [4.69, 9.17) is 0 Å². The second kappa shape index (κ2) is 6.27. The van der Waals surface area contributed by atoms with Gasteiger partial charge >= 0.3 is 0 Å². The molecule has 4 bridgehead atoms. The van der Waals surface area contributed by atoms with Gasteiger partial charge in [0, 0.05) is 11.3 Å². The topological polar surface area (TPSA) is 69.6 Å². The summed E-state index contributed by atoms with van der Waals surface area (Å²) in [6.45, 7) is 0. The van der Waals surface area contributed by atoms with E-state index in [9.17, 15) is 14.7 Å². The molecule has 152 valence electrons. The quantitative estimate of drug-likeness (QED) is 0.748. The van der Waals surface area contributed by atoms with Crippen LogP contribution in [-0.4, -0.2) is 39.2 Å². The van der Waals surface area contributed by atoms with Gasteiger partial charge in [-0.15, -0.1) is 11.8 Å². The number of aliphatic hydroxyl groups is 1. The number of carbonyl (C=O) groups excluding carboxylic acids is 2. The van der Waals surface area contributed by atoms with Crippen LogP contribution in [0.5, 0.6) is 0 Å². The molecule has 29 heavy (non-hydrogen) atoms. The van der Waals surface area contributed by atoms with Crippen molar-refractivity contribution in [1.82, 2.24) is 10.2 Å². The van der Waals surface area contributed by atoms with E-state index < -0.39 is 6.04 Å². The average Bonchev–Trinajstić information content (AvgIpc) is 3.21. The molecule has 0 spiro atoms. The molecule has 1 aromatic rings. The molecule has 2 aliphatic heterocycles. The Morgan fingerprint density at radius 2 is 1.69 bits per heavy atom. The minimum absolute atomic E-state index is 0.0213. The van der Waals surface area contributed by atoms with Crippen molar-refractivity contribution in [3.05, 3.63) is 47.2 Å². The predicted molar refractivity (Wildman–Crippen MR) is 111 cm³/mol. The molecular formula is C23H26N2O3S. The zero-order valence-corrected chi connectivity index (χ0v) is 17.2. The molecule has 4 saturated carbocycles. The lowest BCUT2D eigenvalue weighted by molar-refractivity contribution is -0.131. The molecule has 2 heterocycles. The molecule has 4 aliphatic carbocycles. The number of hydrogen-bond acceptors (Lipinski definition) is 4. The summed E-state index contributed by atoms with van der Waals surface area (Å²) in [6.07, 6.45) is 6.99. The number of nitrogens with one attached hydrogen (secondary N) is 1. The summed E-state index contributed by atoms with van der Waals surface area (Å²) >= 11 is 1.64. The van der Waals surface area contributed by atoms with Crippen molar-refractivity contribution >= 4 is 23.6 Å². The Hall–Kier alpha value is -1.95. The molecule has 0 unspecified atom stereocenters. The van der Waals surface area contributed by atoms with Crippen molar-refractivity contribution in [1.29, 1.82) is 0 Å². The smallest absolute Gasteiger partial charge is 0.264 e. The molecule has 7 rings (SSSR count). The Bertz CT molecular complexity index is 877. The van der Waals surface area contributed by atoms with Gasteiger partial charge in [0.15, 0.2) is 0 Å². The first-order valence-corrected chi connectivity index (χ1v) is 11.8. The third-order valence-corrected chi connectivity index (χ3v) is 9.07. The van der Waals surface area contributed by atoms with E-state index in [-0.39, 0.29) is 34.1 Å². The number of carbonyl (C=O) groups is 2. The molecule has 6 heteroatoms. The molecule has 1 aromatic carbocycles. The summed E-state index contributed by atoms with van der Waals surface area (Å²) in [7, 11) is 0. The SMILES string of the molecule is O=C(NC12CC3CC(CC(C3)C1)C2)C1=C(O)[C@@H]2CS[C@@H](c3ccccc3)N2C1=O. The third-order valence-electron chi connectivity index (χ3n) is 7.75. The van der Waals surface area contributed by atoms with Gasteiger partial charge in [0.1, 0.15) is 22.7 Å². The highest BCUT2D eigenvalue weighted by molar-refractivity contribution is 7.99. The van der Waals surface area contributed by atoms with Crippen LogP contribution < -0.4 is 5.32 Å². The number of fused-ring (bicyclic) bond motifs is 1. The summed E-state index contributed by atoms with van der Waals surface area (Å²) < 4.78 is 0. The summed E-state index contributed by atoms with van der Waals surface area (Å²) in [6, 6.07) is 9.47. The molecule has 1 saturated heterocycles. The van der Waals surface area contributed by atoms with Crippen molar-refractivity contribution in [3.63, 3.8) is 0 Å². The van der Waals surface area contributed by atoms with Crippen LogP contribution in [0.2, 0.25) is 0 Å². The van der Waals surface area contributed by atoms with Crippen LogP contribution in [0.1, 0.15) is 49.5 Å². The van der Waals surface area contributed by atoms with E-state index in [1.165, 1.54) is 19.3 Å². The first kappa shape index (κ1) is 17.9. The number of rotatable bonds is 3. The molecule has 0 radical (unpaired) electrons. The van der Waals surface area contributed by atoms with E-state index in [0.717, 1.165) is 24.8 Å². The van der Waals surface area contributed by atoms with Crippen molar-refractivity contribution in [3.8, 4) is 0 Å². The van der Waals surface area contributed by atoms with Crippen LogP contribution in [0.25, 0.3) is 0 Å². The summed E-state index contributed by atoms with van der Waals surface area (Å²) in [5.74, 6) is 2.03. The molecule has 2 N–H and O–H groups in total. The van der Waals surface area contributed by atoms with Crippen molar-refractivity contribution < 1.29 is 14.7 Å². The predicted octanol–water partition coefficient (Wildman–Crippen LogP) is 3.54. The maximum absolute atomic E-state index is 13.2. The lowest BCUT2D eigenvalue weighted by atomic mass is 9.53. The summed E-state index contributed by atoms with van der Waals surface area (Å²) in [5, 5.41) is 13.9. The molecule has 2 atom stereocenters. The second-order valence-electron chi connectivity index (χ2n) is 9.74. The standard InChI is InChI=1S/C23H26N2O3S/c26-19-17-12-29-22(16-4-2-1-3-5-16)25(17)21(28)18(19)20(27)24-23-9-13-6-14(10-23)8-15(7-13)11-23/h1-5,13-15,17,22,26H,6-12H2,(H,24,27)/t13?,14?,15?,17-,22-,23?/m0/s1. The van der Waals surface area contributed by atoms with Crippen LogP contribution in [0.15, 0.2) is 41.7 Å². The normalized spacial score (nSPS) is 39.9. The van der Waals surface area contributed by atoms with E-state index in [1.807, 2.05) is 30.3 Å². The Balaban J connectivity index is 1.25. The van der Waals surface area contributed by atoms with Gasteiger partial charge in [0.05, 0.1) is 0 Å². The highest BCUT2D eigenvalue weighted by Gasteiger charge is 2.54. The van der Waals surface area contributed by atoms with Crippen molar-refractivity contribution in [2.45, 2.75) is 55.5 Å². The van der Waals surface area contributed by atoms with Crippen LogP contribution >= 0.6 is 11.8 Å². The Labute approximate surface area is 174 Å². The van der Waals surface area contributed by atoms with Gasteiger partial charge in [-0.3, -0.25) is 9.59 Å². The fourth-order valence-corrected chi connectivity index (χ4v) is 8.46. The van der Waals surface area contributed by atoms with Gasteiger partial charge in [-0.2, -0.15) is 0 Å². The van der Waals surface area contributed by atoms with Crippen LogP contribution in [0.4, 0.5) is 0 Å². The van der Waals surface area contributed by atoms with Crippen LogP contribution in [-0.2, 0) is 9.59 Å². The molecule has 2 amide bonds. The minimum atomic E-state index is -0.394. The Morgan fingerprint density at radius 3 is 2.31 bits per heavy atom. The van der Waals surface area contributed by atoms with Crippen LogP contribution in [0.3, 0.4) is 0 Å². The fourth-order valence-electron chi connectivity index (χ4n) is 7.03. The number of benzene rings is 1. The zero-order valence-electron chi connectivity index (χ0n) is 16.3. The summed E-state index contributed by atoms with van der Waals surface area (Å²) in [5.41, 5.74) is 0.843. The first-order valence-electron chi connectivity index (χ1n) is 10.8. The molecule has 5 fully saturated rings. The van der Waals surface area contributed by atoms with Crippen molar-refractivity contribution in [2.24, 2.45) is 17.8 Å². The maximum Gasteiger partial charge on any atom is 0.264 e. The molecular weight excluding hydrogens is 384 g/mol. The van der Waals surface area contributed by atoms with Crippen LogP contribution in [0, 0.1) is 17.8 Å². The lowest BCUT2D eigenvalue weighted by Crippen LogP contribution is -2.60. The van der Waals surface area contributed by atoms with Gasteiger partial charge in [-0.05, 0) is 61.8 Å². The van der Waals surface area contributed by atoms with Crippen molar-refractivity contribution in [2.75, 3.05) is 5.75 Å². The highest BCUT2D eigenvalue weighted by atomic mass is 32.2. The number of hydrogen-bond donors (Lipinski definition) is 2. The minimum Gasteiger partial charge on any atom is -0.509 e. The first-order chi connectivity index (χ1) is 14.0. The molecule has 0 aromatic heterocycles. The summed E-state index contributed by atoms with van der Waals surface area (Å²) in [4.78, 5) is 28.2. The van der Waals surface area contributed by atoms with E-state index in [1.54, 1.807) is 16.7 Å². The van der Waals surface area contributed by atoms with E-state index >= 15 is 0 Å². The zero-order chi connectivity index (χ0) is 19.8. The highest BCUT2D eigenvalue weighted by Crippen LogP contribution is 2.56. The van der Waals surface area contributed by atoms with E-state index in [2.05, 4.69) is 5.32 Å². The van der Waals surface area contributed by atoms with Gasteiger partial charge < -0.3 is 15.3 Å². The van der Waals surface area contributed by atoms with Gasteiger partial charge in [-0.1, -0.05) is 30.3 Å². The molecule has 5 nitrogen and oxygen atoms in total. The second-order valence-corrected chi connectivity index (χ2v) is 10.9. The monoisotopic (exact) mass is 410 g/mol. The number of nitrogens with zero attached hydrogens (tertiary/aromatic N) is 1. The van der Waals surface area contributed by atoms with Gasteiger partial charge in [0.2, 0.25) is 0 Å². The van der Waals surface area contributed by atoms with Gasteiger partial charge in [0.25, 0.3) is 11.8 Å². The lowest BCUT2D eigenvalue weighted by Gasteiger charge is -2.56. The number of aliphatic hydroxyl groups excluding tert-OH is 1. The number of amides is 2. The third kappa shape index (κ3) is 2.68. The van der Waals surface area contributed by atoms with E-state index in [0.29, 0.717) is 23.5 Å².